The summed E-state index contributed by atoms with van der Waals surface area (Å²) in [7, 11) is 0. The molecule has 0 aromatic carbocycles. The topological polar surface area (TPSA) is 77.9 Å². The predicted octanol–water partition coefficient (Wildman–Crippen LogP) is 1.99. The molecule has 0 bridgehead atoms. The van der Waals surface area contributed by atoms with Gasteiger partial charge in [-0.1, -0.05) is 23.5 Å². The van der Waals surface area contributed by atoms with Crippen molar-refractivity contribution in [2.45, 2.75) is 20.3 Å². The van der Waals surface area contributed by atoms with Gasteiger partial charge < -0.3 is 5.11 Å². The van der Waals surface area contributed by atoms with E-state index < -0.39 is 17.8 Å². The number of carboxylic acid groups (broad SMARTS) is 1. The number of rotatable bonds is 4. The highest BCUT2D eigenvalue weighted by molar-refractivity contribution is 8.28. The molecule has 0 aromatic rings. The van der Waals surface area contributed by atoms with E-state index in [4.69, 9.17) is 17.3 Å². The van der Waals surface area contributed by atoms with Gasteiger partial charge >= 0.3 is 5.97 Å². The molecule has 118 valence electrons. The maximum atomic E-state index is 12.5. The van der Waals surface area contributed by atoms with Crippen molar-refractivity contribution in [2.75, 3.05) is 13.1 Å². The van der Waals surface area contributed by atoms with E-state index in [2.05, 4.69) is 0 Å². The minimum atomic E-state index is -0.946. The van der Waals surface area contributed by atoms with Crippen molar-refractivity contribution in [3.8, 4) is 0 Å². The van der Waals surface area contributed by atoms with Crippen LogP contribution in [0.15, 0.2) is 20.1 Å². The van der Waals surface area contributed by atoms with E-state index in [9.17, 15) is 14.4 Å². The van der Waals surface area contributed by atoms with Crippen molar-refractivity contribution >= 4 is 58.6 Å². The molecule has 0 atom stereocenters. The summed E-state index contributed by atoms with van der Waals surface area (Å²) < 4.78 is 0.519. The lowest BCUT2D eigenvalue weighted by Crippen LogP contribution is -2.56. The molecule has 2 heterocycles. The molecule has 6 nitrogen and oxygen atoms in total. The number of hydrogen-bond donors (Lipinski definition) is 1. The Morgan fingerprint density at radius 2 is 1.77 bits per heavy atom. The van der Waals surface area contributed by atoms with E-state index in [1.165, 1.54) is 21.6 Å². The van der Waals surface area contributed by atoms with Gasteiger partial charge in [0.15, 0.2) is 5.11 Å². The molecule has 1 N–H and O–H groups in total. The molecule has 2 aliphatic rings. The first kappa shape index (κ1) is 17.0. The van der Waals surface area contributed by atoms with Crippen molar-refractivity contribution in [3.05, 3.63) is 20.1 Å². The Balaban J connectivity index is 2.35. The molecule has 2 aliphatic heterocycles. The standard InChI is InChI=1S/C13H14N2O4S3/c1-3-14-10(18)9(11(19)15(4-2)13(14)20)12-21-6-7(22-12)5-8(16)17/h6H,3-5H2,1-2H3,(H,16,17). The van der Waals surface area contributed by atoms with Crippen molar-refractivity contribution in [3.63, 3.8) is 0 Å². The van der Waals surface area contributed by atoms with Crippen LogP contribution in [0.2, 0.25) is 0 Å². The number of thiocarbonyl (C=S) groups is 1. The van der Waals surface area contributed by atoms with E-state index in [-0.39, 0.29) is 17.1 Å². The number of carbonyl (C=O) groups excluding carboxylic acids is 2. The van der Waals surface area contributed by atoms with Crippen LogP contribution < -0.4 is 0 Å². The minimum absolute atomic E-state index is 0.0731. The van der Waals surface area contributed by atoms with Gasteiger partial charge in [0.25, 0.3) is 11.8 Å². The molecule has 22 heavy (non-hydrogen) atoms. The molecular weight excluding hydrogens is 344 g/mol. The van der Waals surface area contributed by atoms with E-state index >= 15 is 0 Å². The van der Waals surface area contributed by atoms with Crippen LogP contribution in [0.5, 0.6) is 0 Å². The highest BCUT2D eigenvalue weighted by Gasteiger charge is 2.41. The molecule has 1 fully saturated rings. The summed E-state index contributed by atoms with van der Waals surface area (Å²) in [6.45, 7) is 4.34. The van der Waals surface area contributed by atoms with Gasteiger partial charge in [0.1, 0.15) is 5.57 Å². The van der Waals surface area contributed by atoms with Crippen LogP contribution in [0.1, 0.15) is 20.3 Å². The number of likely N-dealkylation sites (N-methyl/N-ethyl adjacent to an activating group) is 2. The highest BCUT2D eigenvalue weighted by Crippen LogP contribution is 2.47. The van der Waals surface area contributed by atoms with Crippen LogP contribution in [-0.4, -0.2) is 50.9 Å². The second-order valence-corrected chi connectivity index (χ2v) is 7.06. The lowest BCUT2D eigenvalue weighted by atomic mass is 10.2. The Morgan fingerprint density at radius 1 is 1.23 bits per heavy atom. The summed E-state index contributed by atoms with van der Waals surface area (Å²) in [5, 5.41) is 10.7. The first-order chi connectivity index (χ1) is 10.4. The summed E-state index contributed by atoms with van der Waals surface area (Å²) in [5.41, 5.74) is 0.0731. The molecule has 9 heteroatoms. The molecule has 0 saturated carbocycles. The lowest BCUT2D eigenvalue weighted by Gasteiger charge is -2.35. The average Bonchev–Trinajstić information content (AvgIpc) is 2.87. The molecule has 0 aliphatic carbocycles. The fourth-order valence-electron chi connectivity index (χ4n) is 2.04. The van der Waals surface area contributed by atoms with Crippen molar-refractivity contribution in [1.82, 2.24) is 9.80 Å². The third kappa shape index (κ3) is 3.06. The van der Waals surface area contributed by atoms with E-state index in [1.807, 2.05) is 0 Å². The van der Waals surface area contributed by atoms with Gasteiger partial charge in [-0.05, 0) is 31.5 Å². The smallest absolute Gasteiger partial charge is 0.308 e. The first-order valence-electron chi connectivity index (χ1n) is 6.58. The van der Waals surface area contributed by atoms with Gasteiger partial charge in [0.2, 0.25) is 0 Å². The summed E-state index contributed by atoms with van der Waals surface area (Å²) in [6, 6.07) is 0. The Morgan fingerprint density at radius 3 is 2.23 bits per heavy atom. The molecule has 0 radical (unpaired) electrons. The highest BCUT2D eigenvalue weighted by atomic mass is 32.2. The van der Waals surface area contributed by atoms with Gasteiger partial charge in [0.05, 0.1) is 10.7 Å². The summed E-state index contributed by atoms with van der Waals surface area (Å²) in [4.78, 5) is 39.2. The second kappa shape index (κ2) is 6.84. The quantitative estimate of drug-likeness (QED) is 0.468. The number of hydrogen-bond acceptors (Lipinski definition) is 6. The number of thioether (sulfide) groups is 2. The van der Waals surface area contributed by atoms with Crippen LogP contribution in [0.4, 0.5) is 0 Å². The SMILES string of the molecule is CCN1C(=O)C(=C2SC=C(CC(=O)O)S2)C(=O)N(CC)C1=S. The van der Waals surface area contributed by atoms with Crippen LogP contribution in [0.3, 0.4) is 0 Å². The second-order valence-electron chi connectivity index (χ2n) is 4.42. The zero-order chi connectivity index (χ0) is 16.4. The maximum Gasteiger partial charge on any atom is 0.308 e. The average molecular weight is 358 g/mol. The monoisotopic (exact) mass is 358 g/mol. The third-order valence-corrected chi connectivity index (χ3v) is 5.93. The first-order valence-corrected chi connectivity index (χ1v) is 8.68. The maximum absolute atomic E-state index is 12.5. The number of carboxylic acids is 1. The third-order valence-electron chi connectivity index (χ3n) is 3.06. The normalized spacial score (nSPS) is 19.2. The number of nitrogens with zero attached hydrogens (tertiary/aromatic N) is 2. The van der Waals surface area contributed by atoms with Gasteiger partial charge in [-0.2, -0.15) is 0 Å². The molecule has 0 unspecified atom stereocenters. The van der Waals surface area contributed by atoms with Crippen LogP contribution in [0.25, 0.3) is 0 Å². The predicted molar refractivity (Wildman–Crippen MR) is 89.9 cm³/mol. The van der Waals surface area contributed by atoms with Gasteiger partial charge in [-0.25, -0.2) is 0 Å². The largest absolute Gasteiger partial charge is 0.481 e. The van der Waals surface area contributed by atoms with E-state index in [1.54, 1.807) is 19.3 Å². The van der Waals surface area contributed by atoms with Crippen molar-refractivity contribution in [2.24, 2.45) is 0 Å². The Labute approximate surface area is 141 Å². The molecule has 2 rings (SSSR count). The summed E-state index contributed by atoms with van der Waals surface area (Å²) in [6.07, 6.45) is -0.121. The van der Waals surface area contributed by atoms with E-state index in [0.29, 0.717) is 22.2 Å². The van der Waals surface area contributed by atoms with Gasteiger partial charge in [-0.3, -0.25) is 24.2 Å². The van der Waals surface area contributed by atoms with Crippen molar-refractivity contribution in [1.29, 1.82) is 0 Å². The van der Waals surface area contributed by atoms with Crippen LogP contribution in [0, 0.1) is 0 Å². The van der Waals surface area contributed by atoms with Gasteiger partial charge in [0, 0.05) is 18.0 Å². The van der Waals surface area contributed by atoms with E-state index in [0.717, 1.165) is 11.8 Å². The Hall–Kier alpha value is -1.32. The van der Waals surface area contributed by atoms with Crippen LogP contribution in [-0.2, 0) is 14.4 Å². The zero-order valence-electron chi connectivity index (χ0n) is 12.0. The minimum Gasteiger partial charge on any atom is -0.481 e. The molecular formula is C13H14N2O4S3. The number of amides is 2. The molecule has 0 aromatic heterocycles. The number of carbonyl (C=O) groups is 3. The van der Waals surface area contributed by atoms with Gasteiger partial charge in [-0.15, -0.1) is 0 Å². The lowest BCUT2D eigenvalue weighted by molar-refractivity contribution is -0.136. The molecule has 2 amide bonds. The molecule has 1 saturated heterocycles. The number of aliphatic carboxylic acids is 1. The Bertz CT molecular complexity index is 599. The fourth-order valence-corrected chi connectivity index (χ4v) is 4.78. The van der Waals surface area contributed by atoms with Crippen molar-refractivity contribution < 1.29 is 19.5 Å². The summed E-state index contributed by atoms with van der Waals surface area (Å²) in [5.74, 6) is -1.78. The summed E-state index contributed by atoms with van der Waals surface area (Å²) >= 11 is 7.57. The van der Waals surface area contributed by atoms with Crippen LogP contribution >= 0.6 is 35.7 Å². The molecule has 0 spiro atoms. The zero-order valence-corrected chi connectivity index (χ0v) is 14.4. The Kier molecular flexibility index (Phi) is 5.30. The fraction of sp³-hybridized carbons (Fsp3) is 0.385.